The molecule has 0 rings (SSSR count). The van der Waals surface area contributed by atoms with Crippen molar-refractivity contribution < 1.29 is 9.59 Å². The zero-order valence-electron chi connectivity index (χ0n) is 14.6. The van der Waals surface area contributed by atoms with E-state index < -0.39 is 16.4 Å². The van der Waals surface area contributed by atoms with Gasteiger partial charge in [-0.2, -0.15) is 0 Å². The molecule has 0 aromatic carbocycles. The maximum absolute atomic E-state index is 12.6. The summed E-state index contributed by atoms with van der Waals surface area (Å²) in [4.78, 5) is 24.4. The molecule has 0 aromatic heterocycles. The van der Waals surface area contributed by atoms with Crippen molar-refractivity contribution in [2.75, 3.05) is 0 Å². The van der Waals surface area contributed by atoms with Gasteiger partial charge < -0.3 is 5.32 Å². The zero-order chi connectivity index (χ0) is 16.6. The highest BCUT2D eigenvalue weighted by molar-refractivity contribution is 6.14. The van der Waals surface area contributed by atoms with Crippen LogP contribution < -0.4 is 5.32 Å². The Morgan fingerprint density at radius 2 is 1.30 bits per heavy atom. The summed E-state index contributed by atoms with van der Waals surface area (Å²) in [5, 5.41) is 2.68. The molecule has 0 aliphatic heterocycles. The van der Waals surface area contributed by atoms with Gasteiger partial charge in [0, 0.05) is 11.0 Å². The van der Waals surface area contributed by atoms with Crippen LogP contribution in [0, 0.1) is 10.8 Å². The van der Waals surface area contributed by atoms with Crippen LogP contribution in [0.25, 0.3) is 0 Å². The van der Waals surface area contributed by atoms with E-state index in [1.54, 1.807) is 0 Å². The molecule has 0 aromatic rings. The van der Waals surface area contributed by atoms with Gasteiger partial charge in [-0.05, 0) is 27.2 Å². The molecule has 0 saturated carbocycles. The fourth-order valence-corrected chi connectivity index (χ4v) is 2.37. The average Bonchev–Trinajstić information content (AvgIpc) is 2.11. The summed E-state index contributed by atoms with van der Waals surface area (Å²) < 4.78 is 0. The Hall–Kier alpha value is -0.795. The van der Waals surface area contributed by atoms with E-state index in [0.29, 0.717) is 6.42 Å². The van der Waals surface area contributed by atoms with Crippen LogP contribution in [0.1, 0.15) is 68.7 Å². The quantitative estimate of drug-likeness (QED) is 0.758. The van der Waals surface area contributed by atoms with E-state index in [-0.39, 0.29) is 17.0 Å². The van der Waals surface area contributed by atoms with Crippen LogP contribution in [0.3, 0.4) is 0 Å². The minimum Gasteiger partial charge on any atom is -0.351 e. The normalized spacial score (nSPS) is 14.1. The molecule has 0 unspecified atom stereocenters. The number of hydrogen-bond donors (Lipinski definition) is 1. The Morgan fingerprint density at radius 1 is 0.900 bits per heavy atom. The lowest BCUT2D eigenvalue weighted by molar-refractivity contribution is -0.146. The summed E-state index contributed by atoms with van der Waals surface area (Å²) in [7, 11) is 6.03. The molecule has 1 amide bonds. The topological polar surface area (TPSA) is 46.2 Å². The smallest absolute Gasteiger partial charge is 0.227 e. The number of Topliss-reactive ketones (excluding diaryl/α,β-unsaturated/α-hetero) is 1. The molecule has 0 fully saturated rings. The SMILES string of the molecule is [B]C(C)(C)CC(C)(C)NC(=O)C(C)(C)C(C)(C)C(C)=O. The first-order valence-electron chi connectivity index (χ1n) is 7.15. The third kappa shape index (κ3) is 4.64. The second kappa shape index (κ2) is 5.53. The van der Waals surface area contributed by atoms with Gasteiger partial charge in [-0.25, -0.2) is 0 Å². The highest BCUT2D eigenvalue weighted by atomic mass is 16.2. The number of amides is 1. The van der Waals surface area contributed by atoms with E-state index in [9.17, 15) is 9.59 Å². The zero-order valence-corrected chi connectivity index (χ0v) is 14.6. The lowest BCUT2D eigenvalue weighted by atomic mass is 9.63. The Morgan fingerprint density at radius 3 is 1.60 bits per heavy atom. The summed E-state index contributed by atoms with van der Waals surface area (Å²) in [6, 6.07) is 0. The maximum atomic E-state index is 12.6. The fourth-order valence-electron chi connectivity index (χ4n) is 2.37. The highest BCUT2D eigenvalue weighted by Crippen LogP contribution is 2.40. The van der Waals surface area contributed by atoms with Crippen LogP contribution >= 0.6 is 0 Å². The van der Waals surface area contributed by atoms with Crippen molar-refractivity contribution in [1.29, 1.82) is 0 Å². The molecule has 0 aliphatic rings. The van der Waals surface area contributed by atoms with Crippen LogP contribution in [0.4, 0.5) is 0 Å². The minimum absolute atomic E-state index is 0.00890. The highest BCUT2D eigenvalue weighted by Gasteiger charge is 2.47. The molecule has 0 spiro atoms. The minimum atomic E-state index is -0.783. The molecular weight excluding hydrogens is 249 g/mol. The van der Waals surface area contributed by atoms with Crippen LogP contribution in [-0.2, 0) is 9.59 Å². The molecule has 3 nitrogen and oxygen atoms in total. The number of hydrogen-bond acceptors (Lipinski definition) is 2. The molecule has 20 heavy (non-hydrogen) atoms. The van der Waals surface area contributed by atoms with Crippen LogP contribution in [0.15, 0.2) is 0 Å². The summed E-state index contributed by atoms with van der Waals surface area (Å²) in [6.07, 6.45) is 0.655. The van der Waals surface area contributed by atoms with Crippen molar-refractivity contribution in [2.24, 2.45) is 10.8 Å². The monoisotopic (exact) mass is 279 g/mol. The molecule has 0 heterocycles. The number of carbonyl (C=O) groups is 2. The van der Waals surface area contributed by atoms with Crippen molar-refractivity contribution in [3.8, 4) is 0 Å². The molecular formula is C16H30BNO2. The molecule has 0 atom stereocenters. The molecule has 0 saturated heterocycles. The van der Waals surface area contributed by atoms with Gasteiger partial charge in [-0.3, -0.25) is 9.59 Å². The lowest BCUT2D eigenvalue weighted by Crippen LogP contribution is -2.55. The summed E-state index contributed by atoms with van der Waals surface area (Å²) in [5.74, 6) is -0.110. The first-order valence-corrected chi connectivity index (χ1v) is 7.15. The van der Waals surface area contributed by atoms with Gasteiger partial charge >= 0.3 is 0 Å². The Balaban J connectivity index is 5.15. The van der Waals surface area contributed by atoms with Gasteiger partial charge in [0.1, 0.15) is 5.78 Å². The third-order valence-corrected chi connectivity index (χ3v) is 4.36. The number of rotatable bonds is 6. The van der Waals surface area contributed by atoms with Crippen LogP contribution in [0.5, 0.6) is 0 Å². The molecule has 0 aliphatic carbocycles. The van der Waals surface area contributed by atoms with Gasteiger partial charge in [-0.15, -0.1) is 0 Å². The van der Waals surface area contributed by atoms with Crippen molar-refractivity contribution in [1.82, 2.24) is 5.32 Å². The number of nitrogens with one attached hydrogen (secondary N) is 1. The van der Waals surface area contributed by atoms with E-state index in [2.05, 4.69) is 5.32 Å². The Labute approximate surface area is 125 Å². The molecule has 0 bridgehead atoms. The first-order chi connectivity index (χ1) is 8.53. The third-order valence-electron chi connectivity index (χ3n) is 4.36. The van der Waals surface area contributed by atoms with Crippen molar-refractivity contribution in [3.63, 3.8) is 0 Å². The van der Waals surface area contributed by atoms with Crippen molar-refractivity contribution in [3.05, 3.63) is 0 Å². The summed E-state index contributed by atoms with van der Waals surface area (Å²) in [6.45, 7) is 16.6. The first kappa shape index (κ1) is 19.2. The van der Waals surface area contributed by atoms with E-state index in [4.69, 9.17) is 7.85 Å². The van der Waals surface area contributed by atoms with E-state index in [1.165, 1.54) is 6.92 Å². The van der Waals surface area contributed by atoms with E-state index in [1.807, 2.05) is 55.4 Å². The van der Waals surface area contributed by atoms with Gasteiger partial charge in [0.15, 0.2) is 0 Å². The van der Waals surface area contributed by atoms with Gasteiger partial charge in [-0.1, -0.05) is 46.9 Å². The summed E-state index contributed by atoms with van der Waals surface area (Å²) >= 11 is 0. The van der Waals surface area contributed by atoms with Crippen molar-refractivity contribution >= 4 is 19.5 Å². The maximum Gasteiger partial charge on any atom is 0.227 e. The largest absolute Gasteiger partial charge is 0.351 e. The van der Waals surface area contributed by atoms with Gasteiger partial charge in [0.2, 0.25) is 5.91 Å². The van der Waals surface area contributed by atoms with Crippen LogP contribution in [-0.4, -0.2) is 25.1 Å². The van der Waals surface area contributed by atoms with Gasteiger partial charge in [0.25, 0.3) is 0 Å². The standard InChI is InChI=1S/C16H30BNO2/c1-11(19)15(6,7)16(8,9)12(20)18-14(4,5)10-13(2,3)17/h10H2,1-9H3,(H,18,20). The number of ketones is 1. The van der Waals surface area contributed by atoms with E-state index >= 15 is 0 Å². The van der Waals surface area contributed by atoms with Crippen molar-refractivity contribution in [2.45, 2.75) is 79.6 Å². The predicted molar refractivity (Wildman–Crippen MR) is 84.9 cm³/mol. The van der Waals surface area contributed by atoms with E-state index in [0.717, 1.165) is 0 Å². The Bertz CT molecular complexity index is 390. The summed E-state index contributed by atoms with van der Waals surface area (Å²) in [5.41, 5.74) is -1.92. The molecule has 114 valence electrons. The average molecular weight is 279 g/mol. The van der Waals surface area contributed by atoms with Gasteiger partial charge in [0.05, 0.1) is 13.3 Å². The lowest BCUT2D eigenvalue weighted by Gasteiger charge is -2.42. The predicted octanol–water partition coefficient (Wildman–Crippen LogP) is 3.28. The molecule has 2 radical (unpaired) electrons. The second-order valence-electron chi connectivity index (χ2n) is 8.31. The Kier molecular flexibility index (Phi) is 5.31. The number of carbonyl (C=O) groups excluding carboxylic acids is 2. The second-order valence-corrected chi connectivity index (χ2v) is 8.31. The molecule has 4 heteroatoms. The van der Waals surface area contributed by atoms with Crippen LogP contribution in [0.2, 0.25) is 5.31 Å². The molecule has 1 N–H and O–H groups in total. The fraction of sp³-hybridized carbons (Fsp3) is 0.875.